The first-order valence-corrected chi connectivity index (χ1v) is 1.69. The van der Waals surface area contributed by atoms with E-state index in [0.717, 1.165) is 0 Å². The number of hydrogen-bond donors (Lipinski definition) is 3. The molecule has 0 spiro atoms. The van der Waals surface area contributed by atoms with Gasteiger partial charge in [-0.15, -0.1) is 0 Å². The minimum atomic E-state index is -2.30. The molecule has 0 aliphatic carbocycles. The second-order valence-corrected chi connectivity index (χ2v) is 1.08. The number of hydrogen-bond acceptors (Lipinski definition) is 3. The van der Waals surface area contributed by atoms with Crippen molar-refractivity contribution in [3.05, 3.63) is 0 Å². The Morgan fingerprint density at radius 1 is 1.11 bits per heavy atom. The molecule has 0 aromatic heterocycles. The van der Waals surface area contributed by atoms with Crippen LogP contribution in [0.2, 0.25) is 0 Å². The molecule has 0 aromatic carbocycles. The number of rotatable bonds is 2. The van der Waals surface area contributed by atoms with Crippen molar-refractivity contribution < 1.29 is 44.4 Å². The second-order valence-electron chi connectivity index (χ2n) is 1.08. The molecule has 0 radical (unpaired) electrons. The summed E-state index contributed by atoms with van der Waals surface area (Å²) in [6.07, 6.45) is -2.30. The number of aliphatic carboxylic acids is 2. The largest absolute Gasteiger partial charge is 0.479 e. The molecule has 5 nitrogen and oxygen atoms in total. The molecule has 0 amide bonds. The summed E-state index contributed by atoms with van der Waals surface area (Å²) in [6, 6.07) is 0. The van der Waals surface area contributed by atoms with Gasteiger partial charge in [-0.3, -0.25) is 0 Å². The van der Waals surface area contributed by atoms with Gasteiger partial charge in [0.15, 0.2) is 0 Å². The van der Waals surface area contributed by atoms with E-state index in [4.69, 9.17) is 15.3 Å². The Morgan fingerprint density at radius 3 is 1.33 bits per heavy atom. The molecule has 48 valence electrons. The maximum atomic E-state index is 9.51. The Hall–Kier alpha value is -0.477. The first kappa shape index (κ1) is 11.3. The summed E-state index contributed by atoms with van der Waals surface area (Å²) in [5, 5.41) is 23.4. The number of aliphatic hydroxyl groups is 1. The van der Waals surface area contributed by atoms with Gasteiger partial charge >= 0.3 is 11.9 Å². The van der Waals surface area contributed by atoms with Gasteiger partial charge in [-0.25, -0.2) is 9.59 Å². The van der Waals surface area contributed by atoms with Crippen molar-refractivity contribution in [1.82, 2.24) is 0 Å². The maximum absolute atomic E-state index is 9.51. The molecule has 0 bridgehead atoms. The molecule has 0 rings (SSSR count). The van der Waals surface area contributed by atoms with E-state index in [-0.39, 0.29) is 19.5 Å². The maximum Gasteiger partial charge on any atom is 0.344 e. The van der Waals surface area contributed by atoms with Crippen LogP contribution in [0.4, 0.5) is 0 Å². The van der Waals surface area contributed by atoms with Crippen LogP contribution in [0.15, 0.2) is 0 Å². The van der Waals surface area contributed by atoms with Crippen molar-refractivity contribution in [2.24, 2.45) is 0 Å². The first-order chi connectivity index (χ1) is 3.55. The van der Waals surface area contributed by atoms with Crippen LogP contribution in [-0.4, -0.2) is 33.4 Å². The Labute approximate surface area is 63.1 Å². The van der Waals surface area contributed by atoms with Crippen molar-refractivity contribution in [2.75, 3.05) is 0 Å². The molecular weight excluding hydrogens is 181 g/mol. The zero-order chi connectivity index (χ0) is 6.73. The zero-order valence-corrected chi connectivity index (χ0v) is 7.41. The molecule has 0 atom stereocenters. The third-order valence-corrected chi connectivity index (χ3v) is 0.468. The Bertz CT molecular complexity index is 107. The minimum Gasteiger partial charge on any atom is -0.479 e. The SMILES string of the molecule is O=C(O)C(O)C(=O)O.[Zn]. The smallest absolute Gasteiger partial charge is 0.344 e. The van der Waals surface area contributed by atoms with Crippen LogP contribution < -0.4 is 0 Å². The zero-order valence-electron chi connectivity index (χ0n) is 4.44. The number of aliphatic hydroxyl groups excluding tert-OH is 1. The predicted octanol–water partition coefficient (Wildman–Crippen LogP) is -1.49. The minimum absolute atomic E-state index is 0. The molecule has 0 aliphatic rings. The van der Waals surface area contributed by atoms with Crippen LogP contribution in [0.3, 0.4) is 0 Å². The molecule has 9 heavy (non-hydrogen) atoms. The normalized spacial score (nSPS) is 8.22. The van der Waals surface area contributed by atoms with Gasteiger partial charge in [0, 0.05) is 19.5 Å². The van der Waals surface area contributed by atoms with Gasteiger partial charge in [0.1, 0.15) is 0 Å². The molecule has 0 saturated heterocycles. The van der Waals surface area contributed by atoms with E-state index in [1.54, 1.807) is 0 Å². The summed E-state index contributed by atoms with van der Waals surface area (Å²) in [4.78, 5) is 19.0. The fraction of sp³-hybridized carbons (Fsp3) is 0.333. The first-order valence-electron chi connectivity index (χ1n) is 1.69. The Kier molecular flexibility index (Phi) is 5.55. The van der Waals surface area contributed by atoms with E-state index >= 15 is 0 Å². The summed E-state index contributed by atoms with van der Waals surface area (Å²) in [6.45, 7) is 0. The van der Waals surface area contributed by atoms with Crippen LogP contribution in [0.1, 0.15) is 0 Å². The van der Waals surface area contributed by atoms with Gasteiger partial charge in [-0.2, -0.15) is 0 Å². The van der Waals surface area contributed by atoms with E-state index in [1.807, 2.05) is 0 Å². The average molecular weight is 185 g/mol. The van der Waals surface area contributed by atoms with Crippen LogP contribution >= 0.6 is 0 Å². The third kappa shape index (κ3) is 4.06. The van der Waals surface area contributed by atoms with Crippen LogP contribution in [-0.2, 0) is 29.1 Å². The standard InChI is InChI=1S/C3H4O5.Zn/c4-1(2(5)6)3(7)8;/h1,4H,(H,5,6)(H,7,8);. The van der Waals surface area contributed by atoms with Gasteiger partial charge in [-0.1, -0.05) is 0 Å². The van der Waals surface area contributed by atoms with Gasteiger partial charge < -0.3 is 15.3 Å². The summed E-state index contributed by atoms with van der Waals surface area (Å²) in [5.74, 6) is -3.50. The molecule has 0 saturated carbocycles. The van der Waals surface area contributed by atoms with Gasteiger partial charge in [0.05, 0.1) is 0 Å². The predicted molar refractivity (Wildman–Crippen MR) is 21.3 cm³/mol. The van der Waals surface area contributed by atoms with Crippen molar-refractivity contribution >= 4 is 11.9 Å². The molecule has 0 fully saturated rings. The van der Waals surface area contributed by atoms with Crippen molar-refractivity contribution in [2.45, 2.75) is 6.10 Å². The van der Waals surface area contributed by atoms with Gasteiger partial charge in [0.25, 0.3) is 0 Å². The topological polar surface area (TPSA) is 94.8 Å². The van der Waals surface area contributed by atoms with E-state index in [1.165, 1.54) is 0 Å². The fourth-order valence-corrected chi connectivity index (χ4v) is 0.106. The third-order valence-electron chi connectivity index (χ3n) is 0.468. The molecule has 3 N–H and O–H groups in total. The van der Waals surface area contributed by atoms with Gasteiger partial charge in [-0.05, 0) is 0 Å². The van der Waals surface area contributed by atoms with E-state index in [2.05, 4.69) is 0 Å². The molecule has 0 unspecified atom stereocenters. The van der Waals surface area contributed by atoms with E-state index in [0.29, 0.717) is 0 Å². The van der Waals surface area contributed by atoms with Crippen molar-refractivity contribution in [3.63, 3.8) is 0 Å². The van der Waals surface area contributed by atoms with Crippen molar-refractivity contribution in [1.29, 1.82) is 0 Å². The van der Waals surface area contributed by atoms with Crippen molar-refractivity contribution in [3.8, 4) is 0 Å². The van der Waals surface area contributed by atoms with E-state index in [9.17, 15) is 9.59 Å². The number of carboxylic acids is 2. The monoisotopic (exact) mass is 184 g/mol. The fourth-order valence-electron chi connectivity index (χ4n) is 0.106. The molecular formula is C3H4O5Zn. The van der Waals surface area contributed by atoms with Crippen LogP contribution in [0.25, 0.3) is 0 Å². The number of carbonyl (C=O) groups is 2. The van der Waals surface area contributed by atoms with E-state index < -0.39 is 18.0 Å². The van der Waals surface area contributed by atoms with Crippen LogP contribution in [0, 0.1) is 0 Å². The molecule has 0 heterocycles. The quantitative estimate of drug-likeness (QED) is 0.360. The summed E-state index contributed by atoms with van der Waals surface area (Å²) < 4.78 is 0. The average Bonchev–Trinajstić information content (AvgIpc) is 1.64. The summed E-state index contributed by atoms with van der Waals surface area (Å²) in [7, 11) is 0. The molecule has 0 aromatic rings. The molecule has 6 heteroatoms. The Morgan fingerprint density at radius 2 is 1.33 bits per heavy atom. The van der Waals surface area contributed by atoms with Crippen LogP contribution in [0.5, 0.6) is 0 Å². The summed E-state index contributed by atoms with van der Waals surface area (Å²) >= 11 is 0. The second kappa shape index (κ2) is 4.41. The Balaban J connectivity index is 0. The number of carboxylic acid groups (broad SMARTS) is 2. The van der Waals surface area contributed by atoms with Gasteiger partial charge in [0.2, 0.25) is 6.10 Å². The summed E-state index contributed by atoms with van der Waals surface area (Å²) in [5.41, 5.74) is 0. The molecule has 0 aliphatic heterocycles.